The molecule has 1 atom stereocenters. The van der Waals surface area contributed by atoms with Crippen LogP contribution in [0.3, 0.4) is 0 Å². The summed E-state index contributed by atoms with van der Waals surface area (Å²) in [5.74, 6) is -2.87. The Balaban J connectivity index is 1.80. The Morgan fingerprint density at radius 3 is 2.54 bits per heavy atom. The van der Waals surface area contributed by atoms with Gasteiger partial charge in [-0.3, -0.25) is 24.9 Å². The number of carbonyl (C=O) groups is 3. The Morgan fingerprint density at radius 2 is 1.96 bits per heavy atom. The van der Waals surface area contributed by atoms with Crippen molar-refractivity contribution in [2.75, 3.05) is 11.9 Å². The maximum Gasteiger partial charge on any atom is 0.314 e. The summed E-state index contributed by atoms with van der Waals surface area (Å²) >= 11 is 0. The van der Waals surface area contributed by atoms with Crippen LogP contribution >= 0.6 is 0 Å². The van der Waals surface area contributed by atoms with E-state index < -0.39 is 17.8 Å². The lowest BCUT2D eigenvalue weighted by molar-refractivity contribution is -0.139. The van der Waals surface area contributed by atoms with Crippen molar-refractivity contribution in [1.82, 2.24) is 15.5 Å². The number of nitrogens with two attached hydrogens (primary N) is 1. The van der Waals surface area contributed by atoms with Crippen molar-refractivity contribution in [1.29, 1.82) is 5.41 Å². The summed E-state index contributed by atoms with van der Waals surface area (Å²) in [5.41, 5.74) is 7.72. The number of aromatic nitrogens is 2. The highest BCUT2D eigenvalue weighted by molar-refractivity contribution is 5.98. The van der Waals surface area contributed by atoms with E-state index in [1.807, 2.05) is 0 Å². The van der Waals surface area contributed by atoms with E-state index in [1.54, 1.807) is 25.1 Å². The zero-order valence-electron chi connectivity index (χ0n) is 15.3. The fraction of sp³-hybridized carbons (Fsp3) is 0.278. The molecule has 2 amide bonds. The number of hydrogen-bond donors (Lipinski definition) is 6. The standard InChI is InChI=1S/C18H22N6O4/c1-10-8-11(2-3-12(10)17(19)20)23-16(26)5-4-15(25)21-9-13(18(27)28)14-6-7-22-24-14/h2-3,6-8,13H,4-5,9H2,1H3,(H3,19,20)(H,21,25)(H,22,24)(H,23,26)(H,27,28). The van der Waals surface area contributed by atoms with Gasteiger partial charge >= 0.3 is 5.97 Å². The molecule has 1 heterocycles. The molecule has 0 radical (unpaired) electrons. The first-order valence-corrected chi connectivity index (χ1v) is 8.51. The lowest BCUT2D eigenvalue weighted by atomic mass is 10.1. The van der Waals surface area contributed by atoms with Crippen LogP contribution in [-0.2, 0) is 14.4 Å². The van der Waals surface area contributed by atoms with E-state index in [0.717, 1.165) is 5.56 Å². The van der Waals surface area contributed by atoms with Crippen LogP contribution in [0.1, 0.15) is 35.6 Å². The minimum Gasteiger partial charge on any atom is -0.481 e. The number of aryl methyl sites for hydroxylation is 1. The number of carbonyl (C=O) groups excluding carboxylic acids is 2. The second-order valence-corrected chi connectivity index (χ2v) is 6.20. The molecular weight excluding hydrogens is 364 g/mol. The van der Waals surface area contributed by atoms with E-state index in [4.69, 9.17) is 11.1 Å². The largest absolute Gasteiger partial charge is 0.481 e. The molecule has 7 N–H and O–H groups in total. The van der Waals surface area contributed by atoms with Crippen molar-refractivity contribution in [3.05, 3.63) is 47.3 Å². The summed E-state index contributed by atoms with van der Waals surface area (Å²) in [6, 6.07) is 6.49. The molecule has 1 aromatic heterocycles. The molecule has 0 aliphatic rings. The number of carboxylic acids is 1. The highest BCUT2D eigenvalue weighted by Crippen LogP contribution is 2.15. The Kier molecular flexibility index (Phi) is 6.85. The summed E-state index contributed by atoms with van der Waals surface area (Å²) < 4.78 is 0. The quantitative estimate of drug-likeness (QED) is 0.273. The van der Waals surface area contributed by atoms with E-state index in [1.165, 1.54) is 12.3 Å². The van der Waals surface area contributed by atoms with E-state index in [2.05, 4.69) is 20.8 Å². The summed E-state index contributed by atoms with van der Waals surface area (Å²) in [7, 11) is 0. The summed E-state index contributed by atoms with van der Waals surface area (Å²) in [6.45, 7) is 1.67. The van der Waals surface area contributed by atoms with Gasteiger partial charge in [0.15, 0.2) is 0 Å². The van der Waals surface area contributed by atoms with Gasteiger partial charge in [-0.25, -0.2) is 0 Å². The van der Waals surface area contributed by atoms with Crippen molar-refractivity contribution >= 4 is 29.3 Å². The lowest BCUT2D eigenvalue weighted by Crippen LogP contribution is -2.32. The number of aliphatic carboxylic acids is 1. The van der Waals surface area contributed by atoms with Crippen LogP contribution in [0.5, 0.6) is 0 Å². The number of nitrogens with zero attached hydrogens (tertiary/aromatic N) is 1. The van der Waals surface area contributed by atoms with Gasteiger partial charge in [-0.2, -0.15) is 5.10 Å². The minimum atomic E-state index is -1.09. The number of amides is 2. The first kappa shape index (κ1) is 20.6. The molecule has 0 aliphatic carbocycles. The molecule has 0 fully saturated rings. The fourth-order valence-corrected chi connectivity index (χ4v) is 2.59. The third-order valence-electron chi connectivity index (χ3n) is 4.08. The van der Waals surface area contributed by atoms with E-state index in [9.17, 15) is 19.5 Å². The van der Waals surface area contributed by atoms with Crippen molar-refractivity contribution < 1.29 is 19.5 Å². The molecule has 1 unspecified atom stereocenters. The highest BCUT2D eigenvalue weighted by atomic mass is 16.4. The van der Waals surface area contributed by atoms with Crippen LogP contribution in [0.2, 0.25) is 0 Å². The van der Waals surface area contributed by atoms with Crippen molar-refractivity contribution in [3.63, 3.8) is 0 Å². The summed E-state index contributed by atoms with van der Waals surface area (Å²) in [5, 5.41) is 28.1. The maximum absolute atomic E-state index is 12.0. The number of carboxylic acid groups (broad SMARTS) is 1. The molecule has 0 saturated heterocycles. The van der Waals surface area contributed by atoms with E-state index >= 15 is 0 Å². The van der Waals surface area contributed by atoms with Crippen molar-refractivity contribution in [3.8, 4) is 0 Å². The number of H-pyrrole nitrogens is 1. The van der Waals surface area contributed by atoms with Crippen LogP contribution in [0.25, 0.3) is 0 Å². The molecule has 0 spiro atoms. The van der Waals surface area contributed by atoms with Gasteiger partial charge in [0.1, 0.15) is 11.8 Å². The number of amidine groups is 1. The van der Waals surface area contributed by atoms with Gasteiger partial charge in [-0.15, -0.1) is 0 Å². The predicted octanol–water partition coefficient (Wildman–Crippen LogP) is 0.705. The third kappa shape index (κ3) is 5.66. The molecule has 2 rings (SSSR count). The van der Waals surface area contributed by atoms with E-state index in [0.29, 0.717) is 16.9 Å². The van der Waals surface area contributed by atoms with Gasteiger partial charge in [0, 0.05) is 36.8 Å². The number of benzene rings is 1. The monoisotopic (exact) mass is 386 g/mol. The number of hydrogen-bond acceptors (Lipinski definition) is 5. The van der Waals surface area contributed by atoms with Crippen LogP contribution in [0, 0.1) is 12.3 Å². The van der Waals surface area contributed by atoms with Gasteiger partial charge in [-0.05, 0) is 36.8 Å². The van der Waals surface area contributed by atoms with Crippen LogP contribution in [0.4, 0.5) is 5.69 Å². The summed E-state index contributed by atoms with van der Waals surface area (Å²) in [4.78, 5) is 35.2. The molecule has 0 bridgehead atoms. The first-order chi connectivity index (χ1) is 13.3. The maximum atomic E-state index is 12.0. The van der Waals surface area contributed by atoms with Crippen molar-refractivity contribution in [2.24, 2.45) is 5.73 Å². The number of rotatable bonds is 9. The topological polar surface area (TPSA) is 174 Å². The van der Waals surface area contributed by atoms with Gasteiger partial charge in [-0.1, -0.05) is 0 Å². The average molecular weight is 386 g/mol. The Bertz CT molecular complexity index is 878. The number of nitrogen functional groups attached to an aromatic ring is 1. The lowest BCUT2D eigenvalue weighted by Gasteiger charge is -2.12. The van der Waals surface area contributed by atoms with Crippen LogP contribution < -0.4 is 16.4 Å². The molecule has 10 nitrogen and oxygen atoms in total. The fourth-order valence-electron chi connectivity index (χ4n) is 2.59. The number of aromatic amines is 1. The zero-order valence-corrected chi connectivity index (χ0v) is 15.3. The van der Waals surface area contributed by atoms with Gasteiger partial charge in [0.05, 0.1) is 5.69 Å². The smallest absolute Gasteiger partial charge is 0.314 e. The average Bonchev–Trinajstić information content (AvgIpc) is 3.14. The molecule has 0 saturated carbocycles. The van der Waals surface area contributed by atoms with Gasteiger partial charge < -0.3 is 21.5 Å². The molecule has 28 heavy (non-hydrogen) atoms. The van der Waals surface area contributed by atoms with E-state index in [-0.39, 0.29) is 31.1 Å². The minimum absolute atomic E-state index is 0.0538. The first-order valence-electron chi connectivity index (χ1n) is 8.51. The SMILES string of the molecule is Cc1cc(NC(=O)CCC(=O)NCC(C(=O)O)c2ccn[nH]2)ccc1C(=N)N. The number of nitrogens with one attached hydrogen (secondary N) is 4. The highest BCUT2D eigenvalue weighted by Gasteiger charge is 2.22. The second kappa shape index (κ2) is 9.31. The molecule has 148 valence electrons. The van der Waals surface area contributed by atoms with Gasteiger partial charge in [0.25, 0.3) is 0 Å². The number of anilines is 1. The molecule has 2 aromatic rings. The summed E-state index contributed by atoms with van der Waals surface area (Å²) in [6.07, 6.45) is 1.30. The van der Waals surface area contributed by atoms with Gasteiger partial charge in [0.2, 0.25) is 11.8 Å². The molecular formula is C18H22N6O4. The molecule has 10 heteroatoms. The van der Waals surface area contributed by atoms with Crippen LogP contribution in [-0.4, -0.2) is 45.5 Å². The van der Waals surface area contributed by atoms with Crippen molar-refractivity contribution in [2.45, 2.75) is 25.7 Å². The Morgan fingerprint density at radius 1 is 1.25 bits per heavy atom. The van der Waals surface area contributed by atoms with Crippen LogP contribution in [0.15, 0.2) is 30.5 Å². The zero-order chi connectivity index (χ0) is 20.7. The Labute approximate surface area is 161 Å². The molecule has 1 aromatic carbocycles. The normalized spacial score (nSPS) is 11.5. The third-order valence-corrected chi connectivity index (χ3v) is 4.08. The second-order valence-electron chi connectivity index (χ2n) is 6.20. The predicted molar refractivity (Wildman–Crippen MR) is 102 cm³/mol. The molecule has 0 aliphatic heterocycles. The Hall–Kier alpha value is -3.69.